The average molecular weight is 434 g/mol. The van der Waals surface area contributed by atoms with Crippen LogP contribution in [0.5, 0.6) is 5.75 Å². The predicted octanol–water partition coefficient (Wildman–Crippen LogP) is 5.41. The van der Waals surface area contributed by atoms with Gasteiger partial charge < -0.3 is 14.2 Å². The molecule has 2 spiro atoms. The first kappa shape index (κ1) is 19.0. The van der Waals surface area contributed by atoms with Gasteiger partial charge in [-0.25, -0.2) is 4.98 Å². The van der Waals surface area contributed by atoms with Crippen molar-refractivity contribution in [3.8, 4) is 5.75 Å². The number of epoxide rings is 1. The van der Waals surface area contributed by atoms with E-state index in [2.05, 4.69) is 41.4 Å². The van der Waals surface area contributed by atoms with Crippen molar-refractivity contribution in [1.29, 1.82) is 0 Å². The fourth-order valence-electron chi connectivity index (χ4n) is 4.92. The Labute approximate surface area is 191 Å². The highest BCUT2D eigenvalue weighted by Gasteiger charge is 2.67. The van der Waals surface area contributed by atoms with E-state index in [0.717, 1.165) is 51.9 Å². The van der Waals surface area contributed by atoms with Gasteiger partial charge in [-0.1, -0.05) is 36.4 Å². The molecule has 0 N–H and O–H groups in total. The van der Waals surface area contributed by atoms with Crippen molar-refractivity contribution in [1.82, 2.24) is 9.97 Å². The lowest BCUT2D eigenvalue weighted by molar-refractivity contribution is -0.0274. The summed E-state index contributed by atoms with van der Waals surface area (Å²) in [5, 5.41) is 1.13. The Bertz CT molecular complexity index is 1390. The summed E-state index contributed by atoms with van der Waals surface area (Å²) in [7, 11) is 0. The van der Waals surface area contributed by atoms with Gasteiger partial charge in [-0.05, 0) is 60.4 Å². The molecule has 4 aromatic rings. The van der Waals surface area contributed by atoms with Crippen LogP contribution in [-0.2, 0) is 16.1 Å². The van der Waals surface area contributed by atoms with Gasteiger partial charge in [0.1, 0.15) is 19.0 Å². The summed E-state index contributed by atoms with van der Waals surface area (Å²) >= 11 is 0. The highest BCUT2D eigenvalue weighted by atomic mass is 16.8. The van der Waals surface area contributed by atoms with Gasteiger partial charge in [-0.15, -0.1) is 0 Å². The fourth-order valence-corrected chi connectivity index (χ4v) is 4.92. The SMILES string of the molecule is c1ccc2nc(COc3ccc(C4=C(c5ccncc5)C5(CC5)OC45CO5)cc3)ccc2c1. The van der Waals surface area contributed by atoms with Crippen LogP contribution in [0.25, 0.3) is 22.0 Å². The molecule has 2 aromatic heterocycles. The standard InChI is InChI=1S/C28H22N2O3/c1-2-4-24-19(3-1)5-8-22(30-24)17-31-23-9-6-20(7-10-23)26-25(21-11-15-29-16-12-21)27(13-14-27)33-28(26)18-32-28/h1-12,15-16H,13-14,17-18H2. The minimum absolute atomic E-state index is 0.218. The van der Waals surface area contributed by atoms with E-state index in [0.29, 0.717) is 13.2 Å². The maximum absolute atomic E-state index is 6.51. The summed E-state index contributed by atoms with van der Waals surface area (Å²) in [4.78, 5) is 8.89. The first-order valence-electron chi connectivity index (χ1n) is 11.3. The number of hydrogen-bond acceptors (Lipinski definition) is 5. The summed E-state index contributed by atoms with van der Waals surface area (Å²) < 4.78 is 18.4. The molecular formula is C28H22N2O3. The minimum Gasteiger partial charge on any atom is -0.487 e. The molecule has 1 saturated heterocycles. The number of ether oxygens (including phenoxy) is 3. The fraction of sp³-hybridized carbons (Fsp3) is 0.214. The third-order valence-corrected chi connectivity index (χ3v) is 6.71. The molecule has 5 heteroatoms. The van der Waals surface area contributed by atoms with Crippen LogP contribution in [0, 0.1) is 0 Å². The van der Waals surface area contributed by atoms with Gasteiger partial charge in [0, 0.05) is 28.9 Å². The summed E-state index contributed by atoms with van der Waals surface area (Å²) in [5.41, 5.74) is 6.33. The normalized spacial score (nSPS) is 22.3. The first-order chi connectivity index (χ1) is 16.2. The Morgan fingerprint density at radius 1 is 0.818 bits per heavy atom. The van der Waals surface area contributed by atoms with Crippen molar-refractivity contribution in [2.24, 2.45) is 0 Å². The molecule has 2 aliphatic heterocycles. The summed E-state index contributed by atoms with van der Waals surface area (Å²) in [6.45, 7) is 1.03. The molecule has 2 aromatic carbocycles. The number of aromatic nitrogens is 2. The number of rotatable bonds is 5. The molecule has 0 bridgehead atoms. The van der Waals surface area contributed by atoms with E-state index in [1.165, 1.54) is 5.57 Å². The monoisotopic (exact) mass is 434 g/mol. The first-order valence-corrected chi connectivity index (χ1v) is 11.3. The molecule has 5 nitrogen and oxygen atoms in total. The van der Waals surface area contributed by atoms with Crippen molar-refractivity contribution < 1.29 is 14.2 Å². The quantitative estimate of drug-likeness (QED) is 0.393. The lowest BCUT2D eigenvalue weighted by Crippen LogP contribution is -2.18. The van der Waals surface area contributed by atoms with Crippen LogP contribution in [0.1, 0.15) is 29.7 Å². The number of pyridine rings is 2. The van der Waals surface area contributed by atoms with Crippen LogP contribution in [0.2, 0.25) is 0 Å². The van der Waals surface area contributed by atoms with Gasteiger partial charge in [0.05, 0.1) is 16.8 Å². The van der Waals surface area contributed by atoms with Gasteiger partial charge in [0.2, 0.25) is 5.79 Å². The second kappa shape index (κ2) is 6.98. The zero-order valence-corrected chi connectivity index (χ0v) is 18.0. The van der Waals surface area contributed by atoms with Crippen molar-refractivity contribution in [3.05, 3.63) is 102 Å². The Kier molecular flexibility index (Phi) is 4.01. The summed E-state index contributed by atoms with van der Waals surface area (Å²) in [6, 6.07) is 24.6. The van der Waals surface area contributed by atoms with E-state index < -0.39 is 5.79 Å². The number of benzene rings is 2. The number of para-hydroxylation sites is 1. The molecular weight excluding hydrogens is 412 g/mol. The maximum atomic E-state index is 6.51. The zero-order chi connectivity index (χ0) is 21.9. The third-order valence-electron chi connectivity index (χ3n) is 6.71. The van der Waals surface area contributed by atoms with Crippen molar-refractivity contribution >= 4 is 22.0 Å². The van der Waals surface area contributed by atoms with Crippen LogP contribution in [0.15, 0.2) is 85.2 Å². The molecule has 7 rings (SSSR count). The van der Waals surface area contributed by atoms with Crippen LogP contribution in [0.3, 0.4) is 0 Å². The number of hydrogen-bond donors (Lipinski definition) is 0. The highest BCUT2D eigenvalue weighted by molar-refractivity contribution is 6.01. The van der Waals surface area contributed by atoms with Crippen molar-refractivity contribution in [3.63, 3.8) is 0 Å². The Hall–Kier alpha value is -3.54. The van der Waals surface area contributed by atoms with Crippen LogP contribution in [0.4, 0.5) is 0 Å². The number of nitrogens with zero attached hydrogens (tertiary/aromatic N) is 2. The van der Waals surface area contributed by atoms with Crippen LogP contribution < -0.4 is 4.74 Å². The largest absolute Gasteiger partial charge is 0.487 e. The van der Waals surface area contributed by atoms with Crippen molar-refractivity contribution in [2.45, 2.75) is 30.8 Å². The minimum atomic E-state index is -0.605. The second-order valence-electron chi connectivity index (χ2n) is 8.93. The van der Waals surface area contributed by atoms with E-state index in [9.17, 15) is 0 Å². The molecule has 1 saturated carbocycles. The Morgan fingerprint density at radius 2 is 1.58 bits per heavy atom. The summed E-state index contributed by atoms with van der Waals surface area (Å²) in [5.74, 6) is 0.206. The maximum Gasteiger partial charge on any atom is 0.221 e. The molecule has 3 aliphatic rings. The second-order valence-corrected chi connectivity index (χ2v) is 8.93. The highest BCUT2D eigenvalue weighted by Crippen LogP contribution is 2.65. The lowest BCUT2D eigenvalue weighted by Gasteiger charge is -2.13. The molecule has 162 valence electrons. The van der Waals surface area contributed by atoms with Gasteiger partial charge >= 0.3 is 0 Å². The van der Waals surface area contributed by atoms with Gasteiger partial charge in [-0.2, -0.15) is 0 Å². The molecule has 33 heavy (non-hydrogen) atoms. The van der Waals surface area contributed by atoms with E-state index in [-0.39, 0.29) is 5.60 Å². The summed E-state index contributed by atoms with van der Waals surface area (Å²) in [6.07, 6.45) is 5.73. The van der Waals surface area contributed by atoms with E-state index in [1.807, 2.05) is 48.8 Å². The van der Waals surface area contributed by atoms with E-state index in [1.54, 1.807) is 0 Å². The molecule has 0 amide bonds. The van der Waals surface area contributed by atoms with Gasteiger partial charge in [-0.3, -0.25) is 4.98 Å². The van der Waals surface area contributed by atoms with Gasteiger partial charge in [0.15, 0.2) is 0 Å². The number of fused-ring (bicyclic) bond motifs is 1. The van der Waals surface area contributed by atoms with E-state index in [4.69, 9.17) is 19.2 Å². The third kappa shape index (κ3) is 3.16. The molecule has 2 fully saturated rings. The molecule has 1 aliphatic carbocycles. The van der Waals surface area contributed by atoms with Crippen LogP contribution >= 0.6 is 0 Å². The predicted molar refractivity (Wildman–Crippen MR) is 125 cm³/mol. The van der Waals surface area contributed by atoms with Crippen molar-refractivity contribution in [2.75, 3.05) is 6.61 Å². The molecule has 1 unspecified atom stereocenters. The topological polar surface area (TPSA) is 56.8 Å². The molecule has 1 atom stereocenters. The van der Waals surface area contributed by atoms with Gasteiger partial charge in [0.25, 0.3) is 0 Å². The smallest absolute Gasteiger partial charge is 0.221 e. The molecule has 0 radical (unpaired) electrons. The average Bonchev–Trinajstić information content (AvgIpc) is 3.78. The van der Waals surface area contributed by atoms with Crippen LogP contribution in [-0.4, -0.2) is 28.0 Å². The van der Waals surface area contributed by atoms with E-state index >= 15 is 0 Å². The lowest BCUT2D eigenvalue weighted by atomic mass is 9.90. The zero-order valence-electron chi connectivity index (χ0n) is 18.0. The Balaban J connectivity index is 1.18. The molecule has 4 heterocycles. The Morgan fingerprint density at radius 3 is 2.33 bits per heavy atom.